The van der Waals surface area contributed by atoms with Crippen molar-refractivity contribution < 1.29 is 9.47 Å². The first-order valence-electron chi connectivity index (χ1n) is 8.56. The first kappa shape index (κ1) is 17.0. The summed E-state index contributed by atoms with van der Waals surface area (Å²) in [6.45, 7) is 3.55. The maximum absolute atomic E-state index is 8.82. The van der Waals surface area contributed by atoms with Crippen LogP contribution in [0, 0.1) is 11.3 Å². The van der Waals surface area contributed by atoms with E-state index in [1.54, 1.807) is 0 Å². The van der Waals surface area contributed by atoms with Crippen LogP contribution < -0.4 is 0 Å². The Hall–Kier alpha value is -1.37. The first-order chi connectivity index (χ1) is 10.8. The van der Waals surface area contributed by atoms with Crippen molar-refractivity contribution >= 4 is 0 Å². The highest BCUT2D eigenvalue weighted by atomic mass is 16.6. The predicted octanol–water partition coefficient (Wildman–Crippen LogP) is 4.77. The van der Waals surface area contributed by atoms with E-state index in [0.29, 0.717) is 18.8 Å². The van der Waals surface area contributed by atoms with Gasteiger partial charge in [0.05, 0.1) is 31.0 Å². The van der Waals surface area contributed by atoms with Gasteiger partial charge in [-0.2, -0.15) is 5.26 Å². The molecule has 22 heavy (non-hydrogen) atoms. The number of hydrogen-bond donors (Lipinski definition) is 0. The molecule has 1 aliphatic heterocycles. The maximum Gasteiger partial charge on any atom is 0.106 e. The molecule has 0 spiro atoms. The molecule has 0 aromatic heterocycles. The number of unbranched alkanes of at least 4 members (excludes halogenated alkanes) is 5. The van der Waals surface area contributed by atoms with Gasteiger partial charge in [0.1, 0.15) is 6.10 Å². The Balaban J connectivity index is 1.64. The second-order valence-corrected chi connectivity index (χ2v) is 6.07. The number of ether oxygens (including phenoxy) is 2. The van der Waals surface area contributed by atoms with Crippen LogP contribution >= 0.6 is 0 Å². The van der Waals surface area contributed by atoms with Gasteiger partial charge in [0.25, 0.3) is 0 Å². The average molecular weight is 301 g/mol. The standard InChI is InChI=1S/C19H27NO2/c1-2-3-4-5-6-7-8-18-14-22-19(15-21-18)17-11-9-16(13-20)10-12-17/h9-12,18-19H,2-8,14-15H2,1H3. The van der Waals surface area contributed by atoms with Crippen molar-refractivity contribution in [2.24, 2.45) is 0 Å². The summed E-state index contributed by atoms with van der Waals surface area (Å²) in [5, 5.41) is 8.82. The minimum atomic E-state index is 0.00791. The molecule has 1 heterocycles. The van der Waals surface area contributed by atoms with Crippen LogP contribution in [0.25, 0.3) is 0 Å². The molecule has 0 saturated carbocycles. The Morgan fingerprint density at radius 1 is 1.00 bits per heavy atom. The lowest BCUT2D eigenvalue weighted by molar-refractivity contribution is -0.137. The molecule has 1 saturated heterocycles. The molecule has 0 bridgehead atoms. The van der Waals surface area contributed by atoms with Crippen LogP contribution in [0.15, 0.2) is 24.3 Å². The molecule has 120 valence electrons. The lowest BCUT2D eigenvalue weighted by atomic mass is 10.0. The molecule has 0 aliphatic carbocycles. The number of nitriles is 1. The molecule has 2 unspecified atom stereocenters. The summed E-state index contributed by atoms with van der Waals surface area (Å²) < 4.78 is 11.9. The maximum atomic E-state index is 8.82. The van der Waals surface area contributed by atoms with Gasteiger partial charge in [0.15, 0.2) is 0 Å². The molecule has 2 rings (SSSR count). The van der Waals surface area contributed by atoms with Gasteiger partial charge < -0.3 is 9.47 Å². The highest BCUT2D eigenvalue weighted by Crippen LogP contribution is 2.25. The van der Waals surface area contributed by atoms with E-state index in [4.69, 9.17) is 14.7 Å². The summed E-state index contributed by atoms with van der Waals surface area (Å²) in [5.41, 5.74) is 1.78. The van der Waals surface area contributed by atoms with Crippen molar-refractivity contribution in [3.05, 3.63) is 35.4 Å². The lowest BCUT2D eigenvalue weighted by Crippen LogP contribution is -2.31. The van der Waals surface area contributed by atoms with Gasteiger partial charge in [-0.1, -0.05) is 57.6 Å². The molecule has 1 fully saturated rings. The summed E-state index contributed by atoms with van der Waals surface area (Å²) in [5.74, 6) is 0. The van der Waals surface area contributed by atoms with Gasteiger partial charge in [0.2, 0.25) is 0 Å². The van der Waals surface area contributed by atoms with E-state index in [9.17, 15) is 0 Å². The topological polar surface area (TPSA) is 42.2 Å². The zero-order valence-electron chi connectivity index (χ0n) is 13.6. The molecular weight excluding hydrogens is 274 g/mol. The number of hydrogen-bond acceptors (Lipinski definition) is 3. The van der Waals surface area contributed by atoms with Crippen LogP contribution in [0.1, 0.15) is 69.1 Å². The zero-order valence-corrected chi connectivity index (χ0v) is 13.6. The van der Waals surface area contributed by atoms with Crippen molar-refractivity contribution in [2.75, 3.05) is 13.2 Å². The molecule has 2 atom stereocenters. The lowest BCUT2D eigenvalue weighted by Gasteiger charge is -2.30. The van der Waals surface area contributed by atoms with E-state index in [1.807, 2.05) is 24.3 Å². The number of rotatable bonds is 8. The van der Waals surface area contributed by atoms with Gasteiger partial charge in [-0.25, -0.2) is 0 Å². The van der Waals surface area contributed by atoms with Gasteiger partial charge in [-0.3, -0.25) is 0 Å². The Morgan fingerprint density at radius 2 is 1.73 bits per heavy atom. The fourth-order valence-electron chi connectivity index (χ4n) is 2.83. The monoisotopic (exact) mass is 301 g/mol. The first-order valence-corrected chi connectivity index (χ1v) is 8.56. The summed E-state index contributed by atoms with van der Waals surface area (Å²) in [7, 11) is 0. The highest BCUT2D eigenvalue weighted by molar-refractivity contribution is 5.32. The Morgan fingerprint density at radius 3 is 2.36 bits per heavy atom. The number of benzene rings is 1. The summed E-state index contributed by atoms with van der Waals surface area (Å²) in [6, 6.07) is 9.72. The summed E-state index contributed by atoms with van der Waals surface area (Å²) in [6.07, 6.45) is 9.26. The second-order valence-electron chi connectivity index (χ2n) is 6.07. The molecular formula is C19H27NO2. The molecule has 0 N–H and O–H groups in total. The average Bonchev–Trinajstić information content (AvgIpc) is 2.59. The molecule has 1 aromatic rings. The quantitative estimate of drug-likeness (QED) is 0.650. The third-order valence-corrected chi connectivity index (χ3v) is 4.26. The summed E-state index contributed by atoms with van der Waals surface area (Å²) >= 11 is 0. The van der Waals surface area contributed by atoms with Crippen molar-refractivity contribution in [1.29, 1.82) is 5.26 Å². The third-order valence-electron chi connectivity index (χ3n) is 4.26. The van der Waals surface area contributed by atoms with Crippen molar-refractivity contribution in [1.82, 2.24) is 0 Å². The molecule has 1 aromatic carbocycles. The number of nitrogens with zero attached hydrogens (tertiary/aromatic N) is 1. The van der Waals surface area contributed by atoms with Crippen LogP contribution in [-0.4, -0.2) is 19.3 Å². The molecule has 3 nitrogen and oxygen atoms in total. The van der Waals surface area contributed by atoms with Gasteiger partial charge in [-0.15, -0.1) is 0 Å². The fraction of sp³-hybridized carbons (Fsp3) is 0.632. The van der Waals surface area contributed by atoms with Crippen molar-refractivity contribution in [2.45, 2.75) is 64.1 Å². The van der Waals surface area contributed by atoms with Crippen LogP contribution in [-0.2, 0) is 9.47 Å². The van der Waals surface area contributed by atoms with Crippen LogP contribution in [0.2, 0.25) is 0 Å². The molecule has 0 amide bonds. The Labute approximate surface area is 134 Å². The van der Waals surface area contributed by atoms with Gasteiger partial charge in [-0.05, 0) is 24.1 Å². The van der Waals surface area contributed by atoms with E-state index in [0.717, 1.165) is 12.0 Å². The van der Waals surface area contributed by atoms with Crippen LogP contribution in [0.3, 0.4) is 0 Å². The van der Waals surface area contributed by atoms with Crippen molar-refractivity contribution in [3.63, 3.8) is 0 Å². The van der Waals surface area contributed by atoms with E-state index in [-0.39, 0.29) is 12.2 Å². The van der Waals surface area contributed by atoms with Gasteiger partial charge in [0, 0.05) is 0 Å². The molecule has 0 radical (unpaired) electrons. The minimum absolute atomic E-state index is 0.00791. The largest absolute Gasteiger partial charge is 0.373 e. The SMILES string of the molecule is CCCCCCCCC1COC(c2ccc(C#N)cc2)CO1. The van der Waals surface area contributed by atoms with E-state index in [1.165, 1.54) is 38.5 Å². The Bertz CT molecular complexity index is 455. The minimum Gasteiger partial charge on any atom is -0.373 e. The summed E-state index contributed by atoms with van der Waals surface area (Å²) in [4.78, 5) is 0. The van der Waals surface area contributed by atoms with Gasteiger partial charge >= 0.3 is 0 Å². The van der Waals surface area contributed by atoms with E-state index >= 15 is 0 Å². The van der Waals surface area contributed by atoms with Crippen LogP contribution in [0.4, 0.5) is 0 Å². The predicted molar refractivity (Wildman–Crippen MR) is 87.6 cm³/mol. The highest BCUT2D eigenvalue weighted by Gasteiger charge is 2.23. The van der Waals surface area contributed by atoms with Crippen molar-refractivity contribution in [3.8, 4) is 6.07 Å². The smallest absolute Gasteiger partial charge is 0.106 e. The zero-order chi connectivity index (χ0) is 15.6. The van der Waals surface area contributed by atoms with E-state index in [2.05, 4.69) is 13.0 Å². The van der Waals surface area contributed by atoms with Crippen LogP contribution in [0.5, 0.6) is 0 Å². The third kappa shape index (κ3) is 5.44. The molecule has 1 aliphatic rings. The van der Waals surface area contributed by atoms with E-state index < -0.39 is 0 Å². The second kappa shape index (κ2) is 9.61. The fourth-order valence-corrected chi connectivity index (χ4v) is 2.83. The molecule has 3 heteroatoms. The Kier molecular flexibility index (Phi) is 7.42. The normalized spacial score (nSPS) is 21.5.